The number of ether oxygens (including phenoxy) is 1. The number of hydrogen-bond donors (Lipinski definition) is 0. The van der Waals surface area contributed by atoms with Gasteiger partial charge in [0.2, 0.25) is 5.91 Å². The van der Waals surface area contributed by atoms with Crippen LogP contribution in [-0.4, -0.2) is 31.0 Å². The van der Waals surface area contributed by atoms with Crippen molar-refractivity contribution in [1.29, 1.82) is 0 Å². The van der Waals surface area contributed by atoms with Crippen molar-refractivity contribution in [3.05, 3.63) is 29.8 Å². The molecule has 0 aromatic heterocycles. The molecular weight excluding hydrogens is 274 g/mol. The third-order valence-corrected chi connectivity index (χ3v) is 5.40. The number of hydrogen-bond acceptors (Lipinski definition) is 2. The van der Waals surface area contributed by atoms with E-state index in [9.17, 15) is 4.79 Å². The van der Waals surface area contributed by atoms with Crippen molar-refractivity contribution in [2.24, 2.45) is 11.8 Å². The third kappa shape index (κ3) is 2.51. The second-order valence-corrected chi connectivity index (χ2v) is 7.29. The van der Waals surface area contributed by atoms with Gasteiger partial charge in [-0.3, -0.25) is 4.79 Å². The van der Waals surface area contributed by atoms with Crippen molar-refractivity contribution in [2.75, 3.05) is 20.2 Å². The van der Waals surface area contributed by atoms with E-state index < -0.39 is 0 Å². The lowest BCUT2D eigenvalue weighted by molar-refractivity contribution is -0.143. The fraction of sp³-hybridized carbons (Fsp3) is 0.632. The Hall–Kier alpha value is -1.51. The molecule has 1 saturated carbocycles. The zero-order chi connectivity index (χ0) is 15.7. The first-order valence-electron chi connectivity index (χ1n) is 8.49. The number of rotatable bonds is 3. The van der Waals surface area contributed by atoms with Crippen LogP contribution in [0.4, 0.5) is 0 Å². The summed E-state index contributed by atoms with van der Waals surface area (Å²) in [7, 11) is 1.70. The number of amides is 1. The minimum atomic E-state index is -0.344. The van der Waals surface area contributed by atoms with Crippen LogP contribution in [0.2, 0.25) is 0 Å². The second-order valence-electron chi connectivity index (χ2n) is 7.29. The Morgan fingerprint density at radius 1 is 1.18 bits per heavy atom. The molecule has 0 spiro atoms. The molecule has 3 rings (SSSR count). The van der Waals surface area contributed by atoms with Crippen LogP contribution in [0.1, 0.15) is 45.1 Å². The summed E-state index contributed by atoms with van der Waals surface area (Å²) in [5.41, 5.74) is 0.739. The number of para-hydroxylation sites is 1. The van der Waals surface area contributed by atoms with E-state index in [1.165, 1.54) is 6.42 Å². The molecule has 1 aromatic carbocycles. The molecule has 1 amide bonds. The van der Waals surface area contributed by atoms with Crippen LogP contribution in [0.3, 0.4) is 0 Å². The molecule has 22 heavy (non-hydrogen) atoms. The summed E-state index contributed by atoms with van der Waals surface area (Å²) in [4.78, 5) is 15.4. The molecule has 3 heteroatoms. The number of carbonyl (C=O) groups excluding carboxylic acids is 1. The third-order valence-electron chi connectivity index (χ3n) is 5.40. The average molecular weight is 301 g/mol. The first-order chi connectivity index (χ1) is 10.6. The average Bonchev–Trinajstić information content (AvgIpc) is 2.45. The summed E-state index contributed by atoms with van der Waals surface area (Å²) in [6, 6.07) is 8.05. The lowest BCUT2D eigenvalue weighted by Gasteiger charge is -2.47. The summed E-state index contributed by atoms with van der Waals surface area (Å²) in [6.07, 6.45) is 4.26. The molecule has 0 bridgehead atoms. The summed E-state index contributed by atoms with van der Waals surface area (Å²) in [5, 5.41) is 0. The minimum Gasteiger partial charge on any atom is -0.496 e. The van der Waals surface area contributed by atoms with E-state index in [4.69, 9.17) is 4.74 Å². The molecule has 2 fully saturated rings. The van der Waals surface area contributed by atoms with Crippen molar-refractivity contribution >= 4 is 5.91 Å². The first-order valence-corrected chi connectivity index (χ1v) is 8.49. The maximum atomic E-state index is 13.3. The molecule has 0 radical (unpaired) electrons. The van der Waals surface area contributed by atoms with Crippen LogP contribution in [-0.2, 0) is 10.2 Å². The SMILES string of the molecule is COc1ccccc1C1(C(=O)N2CC(C)CC(C)C2)CCC1. The fourth-order valence-electron chi connectivity index (χ4n) is 4.30. The standard InChI is InChI=1S/C19H27NO2/c1-14-11-15(2)13-20(12-14)18(21)19(9-6-10-19)16-7-4-5-8-17(16)22-3/h4-5,7-8,14-15H,6,9-13H2,1-3H3. The number of benzene rings is 1. The van der Waals surface area contributed by atoms with Gasteiger partial charge in [-0.2, -0.15) is 0 Å². The maximum absolute atomic E-state index is 13.3. The number of likely N-dealkylation sites (tertiary alicyclic amines) is 1. The highest BCUT2D eigenvalue weighted by atomic mass is 16.5. The molecular formula is C19H27NO2. The van der Waals surface area contributed by atoms with Crippen LogP contribution >= 0.6 is 0 Å². The van der Waals surface area contributed by atoms with Gasteiger partial charge >= 0.3 is 0 Å². The number of piperidine rings is 1. The van der Waals surface area contributed by atoms with Crippen molar-refractivity contribution < 1.29 is 9.53 Å². The highest BCUT2D eigenvalue weighted by Crippen LogP contribution is 2.48. The Balaban J connectivity index is 1.91. The van der Waals surface area contributed by atoms with Crippen LogP contribution < -0.4 is 4.74 Å². The highest BCUT2D eigenvalue weighted by Gasteiger charge is 2.49. The largest absolute Gasteiger partial charge is 0.496 e. The molecule has 3 nitrogen and oxygen atoms in total. The number of carbonyl (C=O) groups is 1. The van der Waals surface area contributed by atoms with Gasteiger partial charge in [0, 0.05) is 18.7 Å². The fourth-order valence-corrected chi connectivity index (χ4v) is 4.30. The van der Waals surface area contributed by atoms with Crippen LogP contribution in [0.5, 0.6) is 5.75 Å². The summed E-state index contributed by atoms with van der Waals surface area (Å²) in [6.45, 7) is 6.32. The predicted octanol–water partition coefficient (Wildman–Crippen LogP) is 3.62. The molecule has 2 unspecified atom stereocenters. The molecule has 2 atom stereocenters. The smallest absolute Gasteiger partial charge is 0.233 e. The Kier molecular flexibility index (Phi) is 4.16. The summed E-state index contributed by atoms with van der Waals surface area (Å²) >= 11 is 0. The molecule has 120 valence electrons. The van der Waals surface area contributed by atoms with Crippen molar-refractivity contribution in [3.63, 3.8) is 0 Å². The van der Waals surface area contributed by atoms with Gasteiger partial charge in [0.1, 0.15) is 5.75 Å². The highest BCUT2D eigenvalue weighted by molar-refractivity contribution is 5.90. The molecule has 1 aliphatic heterocycles. The minimum absolute atomic E-state index is 0.321. The zero-order valence-corrected chi connectivity index (χ0v) is 14.0. The predicted molar refractivity (Wildman–Crippen MR) is 88.0 cm³/mol. The van der Waals surface area contributed by atoms with Crippen molar-refractivity contribution in [1.82, 2.24) is 4.90 Å². The first kappa shape index (κ1) is 15.4. The van der Waals surface area contributed by atoms with Gasteiger partial charge in [0.05, 0.1) is 12.5 Å². The van der Waals surface area contributed by atoms with Gasteiger partial charge in [0.15, 0.2) is 0 Å². The van der Waals surface area contributed by atoms with E-state index in [0.717, 1.165) is 43.7 Å². The normalized spacial score (nSPS) is 27.1. The van der Waals surface area contributed by atoms with E-state index in [1.807, 2.05) is 18.2 Å². The molecule has 1 saturated heterocycles. The monoisotopic (exact) mass is 301 g/mol. The van der Waals surface area contributed by atoms with Gasteiger partial charge in [-0.25, -0.2) is 0 Å². The molecule has 0 N–H and O–H groups in total. The molecule has 1 heterocycles. The molecule has 1 aliphatic carbocycles. The van der Waals surface area contributed by atoms with Crippen LogP contribution in [0.15, 0.2) is 24.3 Å². The topological polar surface area (TPSA) is 29.5 Å². The zero-order valence-electron chi connectivity index (χ0n) is 14.0. The lowest BCUT2D eigenvalue weighted by Crippen LogP contribution is -2.54. The molecule has 1 aromatic rings. The number of methoxy groups -OCH3 is 1. The van der Waals surface area contributed by atoms with E-state index in [-0.39, 0.29) is 5.41 Å². The Morgan fingerprint density at radius 2 is 1.82 bits per heavy atom. The lowest BCUT2D eigenvalue weighted by atomic mass is 9.63. The molecule has 2 aliphatic rings. The van der Waals surface area contributed by atoms with E-state index >= 15 is 0 Å². The van der Waals surface area contributed by atoms with Crippen LogP contribution in [0.25, 0.3) is 0 Å². The van der Waals surface area contributed by atoms with E-state index in [2.05, 4.69) is 24.8 Å². The quantitative estimate of drug-likeness (QED) is 0.853. The van der Waals surface area contributed by atoms with Crippen molar-refractivity contribution in [3.8, 4) is 5.75 Å². The van der Waals surface area contributed by atoms with E-state index in [0.29, 0.717) is 17.7 Å². The van der Waals surface area contributed by atoms with E-state index in [1.54, 1.807) is 7.11 Å². The van der Waals surface area contributed by atoms with Gasteiger partial charge in [-0.15, -0.1) is 0 Å². The summed E-state index contributed by atoms with van der Waals surface area (Å²) < 4.78 is 5.54. The summed E-state index contributed by atoms with van der Waals surface area (Å²) in [5.74, 6) is 2.38. The Bertz CT molecular complexity index is 540. The second kappa shape index (κ2) is 5.94. The van der Waals surface area contributed by atoms with Crippen molar-refractivity contribution in [2.45, 2.75) is 44.9 Å². The Labute approximate surface area is 133 Å². The van der Waals surface area contributed by atoms with Crippen LogP contribution in [0, 0.1) is 11.8 Å². The van der Waals surface area contributed by atoms with Gasteiger partial charge in [-0.1, -0.05) is 38.5 Å². The Morgan fingerprint density at radius 3 is 2.36 bits per heavy atom. The number of nitrogens with zero attached hydrogens (tertiary/aromatic N) is 1. The maximum Gasteiger partial charge on any atom is 0.233 e. The van der Waals surface area contributed by atoms with Gasteiger partial charge in [-0.05, 0) is 37.2 Å². The van der Waals surface area contributed by atoms with Gasteiger partial charge < -0.3 is 9.64 Å². The van der Waals surface area contributed by atoms with Gasteiger partial charge in [0.25, 0.3) is 0 Å².